The van der Waals surface area contributed by atoms with Gasteiger partial charge in [0.05, 0.1) is 6.61 Å². The van der Waals surface area contributed by atoms with E-state index in [4.69, 9.17) is 9.47 Å². The average Bonchev–Trinajstić information content (AvgIpc) is 2.55. The van der Waals surface area contributed by atoms with Gasteiger partial charge in [0.1, 0.15) is 0 Å². The fourth-order valence-electron chi connectivity index (χ4n) is 4.21. The highest BCUT2D eigenvalue weighted by atomic mass is 16.5. The maximum atomic E-state index is 13.3. The molecule has 4 heteroatoms. The van der Waals surface area contributed by atoms with Crippen LogP contribution in [0.25, 0.3) is 0 Å². The molecule has 0 saturated carbocycles. The fourth-order valence-corrected chi connectivity index (χ4v) is 4.21. The topological polar surface area (TPSA) is 38.8 Å². The van der Waals surface area contributed by atoms with E-state index in [1.807, 2.05) is 25.1 Å². The van der Waals surface area contributed by atoms with Gasteiger partial charge in [-0.15, -0.1) is 0 Å². The number of carbonyl (C=O) groups is 1. The van der Waals surface area contributed by atoms with Gasteiger partial charge in [0, 0.05) is 25.3 Å². The van der Waals surface area contributed by atoms with E-state index in [1.54, 1.807) is 0 Å². The van der Waals surface area contributed by atoms with Gasteiger partial charge in [-0.25, -0.2) is 0 Å². The Kier molecular flexibility index (Phi) is 3.27. The maximum absolute atomic E-state index is 13.3. The molecule has 22 heavy (non-hydrogen) atoms. The maximum Gasteiger partial charge on any atom is 0.259 e. The van der Waals surface area contributed by atoms with E-state index in [0.717, 1.165) is 51.0 Å². The molecule has 0 bridgehead atoms. The molecule has 1 amide bonds. The fraction of sp³-hybridized carbons (Fsp3) is 0.611. The molecule has 3 aliphatic heterocycles. The predicted molar refractivity (Wildman–Crippen MR) is 82.6 cm³/mol. The second-order valence-corrected chi connectivity index (χ2v) is 6.83. The summed E-state index contributed by atoms with van der Waals surface area (Å²) >= 11 is 0. The van der Waals surface area contributed by atoms with Crippen LogP contribution >= 0.6 is 0 Å². The number of hydrogen-bond acceptors (Lipinski definition) is 3. The van der Waals surface area contributed by atoms with E-state index in [0.29, 0.717) is 6.61 Å². The predicted octanol–water partition coefficient (Wildman–Crippen LogP) is 2.26. The molecule has 3 heterocycles. The largest absolute Gasteiger partial charge is 0.381 e. The van der Waals surface area contributed by atoms with Gasteiger partial charge in [-0.1, -0.05) is 24.3 Å². The summed E-state index contributed by atoms with van der Waals surface area (Å²) in [7, 11) is 0. The zero-order valence-corrected chi connectivity index (χ0v) is 13.1. The number of carbonyl (C=O) groups excluding carboxylic acids is 1. The number of fused-ring (bicyclic) bond motifs is 1. The molecule has 1 aromatic rings. The van der Waals surface area contributed by atoms with E-state index < -0.39 is 5.60 Å². The van der Waals surface area contributed by atoms with Crippen LogP contribution in [0.15, 0.2) is 24.3 Å². The summed E-state index contributed by atoms with van der Waals surface area (Å²) in [5.41, 5.74) is 1.47. The molecular weight excluding hydrogens is 278 g/mol. The minimum atomic E-state index is -0.833. The number of amides is 1. The number of ether oxygens (including phenoxy) is 2. The van der Waals surface area contributed by atoms with E-state index in [1.165, 1.54) is 5.56 Å². The molecule has 3 aliphatic rings. The van der Waals surface area contributed by atoms with Crippen LogP contribution < -0.4 is 0 Å². The lowest BCUT2D eigenvalue weighted by atomic mass is 9.75. The van der Waals surface area contributed by atoms with Crippen LogP contribution in [0.5, 0.6) is 0 Å². The summed E-state index contributed by atoms with van der Waals surface area (Å²) in [6, 6.07) is 8.20. The van der Waals surface area contributed by atoms with Crippen molar-refractivity contribution in [3.05, 3.63) is 35.4 Å². The standard InChI is InChI=1S/C18H23NO3/c1-17(15-5-3-2-4-14(15)6-11-22-17)16(20)19-10-7-18(19)8-12-21-13-9-18/h2-5H,6-13H2,1H3. The van der Waals surface area contributed by atoms with E-state index in [2.05, 4.69) is 11.0 Å². The lowest BCUT2D eigenvalue weighted by molar-refractivity contribution is -0.183. The summed E-state index contributed by atoms with van der Waals surface area (Å²) < 4.78 is 11.5. The minimum Gasteiger partial charge on any atom is -0.381 e. The molecule has 0 radical (unpaired) electrons. The molecule has 4 nitrogen and oxygen atoms in total. The summed E-state index contributed by atoms with van der Waals surface area (Å²) in [4.78, 5) is 15.4. The first-order valence-corrected chi connectivity index (χ1v) is 8.28. The number of rotatable bonds is 1. The normalized spacial score (nSPS) is 29.8. The zero-order valence-electron chi connectivity index (χ0n) is 13.1. The molecular formula is C18H23NO3. The Labute approximate surface area is 131 Å². The van der Waals surface area contributed by atoms with Crippen molar-refractivity contribution in [1.29, 1.82) is 0 Å². The summed E-state index contributed by atoms with van der Waals surface area (Å²) in [5, 5.41) is 0. The lowest BCUT2D eigenvalue weighted by Crippen LogP contribution is -2.67. The second kappa shape index (κ2) is 5.07. The first kappa shape index (κ1) is 14.2. The Morgan fingerprint density at radius 3 is 2.64 bits per heavy atom. The van der Waals surface area contributed by atoms with Crippen molar-refractivity contribution in [2.75, 3.05) is 26.4 Å². The Hall–Kier alpha value is -1.39. The van der Waals surface area contributed by atoms with Crippen LogP contribution in [-0.4, -0.2) is 42.7 Å². The number of nitrogens with zero attached hydrogens (tertiary/aromatic N) is 1. The minimum absolute atomic E-state index is 0.0219. The van der Waals surface area contributed by atoms with Crippen molar-refractivity contribution < 1.29 is 14.3 Å². The number of benzene rings is 1. The van der Waals surface area contributed by atoms with Gasteiger partial charge < -0.3 is 14.4 Å². The van der Waals surface area contributed by atoms with Crippen molar-refractivity contribution in [2.24, 2.45) is 0 Å². The van der Waals surface area contributed by atoms with Crippen LogP contribution in [0.2, 0.25) is 0 Å². The van der Waals surface area contributed by atoms with Crippen LogP contribution in [0, 0.1) is 0 Å². The van der Waals surface area contributed by atoms with Crippen LogP contribution in [0.3, 0.4) is 0 Å². The lowest BCUT2D eigenvalue weighted by Gasteiger charge is -2.57. The van der Waals surface area contributed by atoms with Gasteiger partial charge in [-0.2, -0.15) is 0 Å². The third-order valence-corrected chi connectivity index (χ3v) is 5.74. The Morgan fingerprint density at radius 2 is 1.91 bits per heavy atom. The van der Waals surface area contributed by atoms with Gasteiger partial charge in [0.15, 0.2) is 5.60 Å². The molecule has 4 rings (SSSR count). The third-order valence-electron chi connectivity index (χ3n) is 5.74. The highest BCUT2D eigenvalue weighted by Crippen LogP contribution is 2.44. The van der Waals surface area contributed by atoms with Gasteiger partial charge in [-0.3, -0.25) is 4.79 Å². The monoisotopic (exact) mass is 301 g/mol. The van der Waals surface area contributed by atoms with Gasteiger partial charge in [0.25, 0.3) is 5.91 Å². The summed E-state index contributed by atoms with van der Waals surface area (Å²) in [6.45, 7) is 4.93. The van der Waals surface area contributed by atoms with Crippen molar-refractivity contribution in [1.82, 2.24) is 4.90 Å². The first-order chi connectivity index (χ1) is 10.7. The van der Waals surface area contributed by atoms with E-state index >= 15 is 0 Å². The van der Waals surface area contributed by atoms with Gasteiger partial charge in [0.2, 0.25) is 0 Å². The average molecular weight is 301 g/mol. The van der Waals surface area contributed by atoms with Crippen molar-refractivity contribution in [3.8, 4) is 0 Å². The van der Waals surface area contributed by atoms with Crippen molar-refractivity contribution in [2.45, 2.75) is 43.7 Å². The second-order valence-electron chi connectivity index (χ2n) is 6.83. The highest BCUT2D eigenvalue weighted by molar-refractivity contribution is 5.88. The highest BCUT2D eigenvalue weighted by Gasteiger charge is 2.53. The van der Waals surface area contributed by atoms with E-state index in [-0.39, 0.29) is 11.4 Å². The van der Waals surface area contributed by atoms with Crippen LogP contribution in [0.1, 0.15) is 37.3 Å². The molecule has 1 unspecified atom stereocenters. The van der Waals surface area contributed by atoms with Gasteiger partial charge >= 0.3 is 0 Å². The van der Waals surface area contributed by atoms with Gasteiger partial charge in [-0.05, 0) is 43.7 Å². The third kappa shape index (κ3) is 1.94. The molecule has 0 aliphatic carbocycles. The molecule has 118 valence electrons. The Bertz CT molecular complexity index is 594. The van der Waals surface area contributed by atoms with Crippen molar-refractivity contribution in [3.63, 3.8) is 0 Å². The molecule has 0 N–H and O–H groups in total. The zero-order chi connectivity index (χ0) is 15.2. The molecule has 1 atom stereocenters. The van der Waals surface area contributed by atoms with Crippen molar-refractivity contribution >= 4 is 5.91 Å². The smallest absolute Gasteiger partial charge is 0.259 e. The number of likely N-dealkylation sites (tertiary alicyclic amines) is 1. The molecule has 2 fully saturated rings. The quantitative estimate of drug-likeness (QED) is 0.798. The Balaban J connectivity index is 1.66. The van der Waals surface area contributed by atoms with Crippen LogP contribution in [-0.2, 0) is 26.3 Å². The molecule has 0 aromatic heterocycles. The Morgan fingerprint density at radius 1 is 1.14 bits per heavy atom. The first-order valence-electron chi connectivity index (χ1n) is 8.28. The van der Waals surface area contributed by atoms with E-state index in [9.17, 15) is 4.79 Å². The number of hydrogen-bond donors (Lipinski definition) is 0. The summed E-state index contributed by atoms with van der Waals surface area (Å²) in [6.07, 6.45) is 3.89. The molecule has 1 spiro atoms. The van der Waals surface area contributed by atoms with Crippen LogP contribution in [0.4, 0.5) is 0 Å². The summed E-state index contributed by atoms with van der Waals surface area (Å²) in [5.74, 6) is 0.132. The molecule has 1 aromatic carbocycles. The molecule has 2 saturated heterocycles. The SMILES string of the molecule is CC1(C(=O)N2CCC23CCOCC3)OCCc2ccccc21.